The number of rotatable bonds is 3. The maximum absolute atomic E-state index is 12.4. The Morgan fingerprint density at radius 2 is 2.04 bits per heavy atom. The van der Waals surface area contributed by atoms with Crippen LogP contribution in [0.1, 0.15) is 27.3 Å². The third-order valence-corrected chi connectivity index (χ3v) is 4.37. The Hall–Kier alpha value is -2.48. The maximum Gasteiger partial charge on any atom is 0.273 e. The minimum Gasteiger partial charge on any atom is -0.365 e. The lowest BCUT2D eigenvalue weighted by Gasteiger charge is -2.23. The van der Waals surface area contributed by atoms with E-state index >= 15 is 0 Å². The van der Waals surface area contributed by atoms with E-state index < -0.39 is 5.91 Å². The van der Waals surface area contributed by atoms with Crippen LogP contribution in [0.25, 0.3) is 0 Å². The van der Waals surface area contributed by atoms with Crippen molar-refractivity contribution in [3.63, 3.8) is 0 Å². The second-order valence-electron chi connectivity index (χ2n) is 5.25. The average Bonchev–Trinajstić information content (AvgIpc) is 2.99. The molecule has 0 unspecified atom stereocenters. The Bertz CT molecular complexity index is 704. The minimum absolute atomic E-state index is 0.0516. The monoisotopic (exact) mass is 331 g/mol. The molecule has 2 N–H and O–H groups in total. The van der Waals surface area contributed by atoms with Crippen LogP contribution < -0.4 is 10.6 Å². The van der Waals surface area contributed by atoms with Crippen LogP contribution in [0.2, 0.25) is 0 Å². The summed E-state index contributed by atoms with van der Waals surface area (Å²) in [7, 11) is 0. The lowest BCUT2D eigenvalue weighted by atomic mass is 10.2. The van der Waals surface area contributed by atoms with Gasteiger partial charge in [0.25, 0.3) is 11.8 Å². The van der Waals surface area contributed by atoms with Crippen LogP contribution >= 0.6 is 11.3 Å². The molecule has 0 radical (unpaired) electrons. The fraction of sp³-hybridized carbons (Fsp3) is 0.333. The summed E-state index contributed by atoms with van der Waals surface area (Å²) in [5, 5.41) is 1.76. The number of primary amides is 1. The van der Waals surface area contributed by atoms with E-state index in [0.717, 1.165) is 13.0 Å². The fourth-order valence-electron chi connectivity index (χ4n) is 2.65. The van der Waals surface area contributed by atoms with E-state index in [4.69, 9.17) is 5.73 Å². The molecule has 0 atom stereocenters. The summed E-state index contributed by atoms with van der Waals surface area (Å²) in [5.41, 5.74) is 7.97. The van der Waals surface area contributed by atoms with Crippen molar-refractivity contribution >= 4 is 29.0 Å². The van der Waals surface area contributed by atoms with Gasteiger partial charge in [-0.3, -0.25) is 9.59 Å². The first-order valence-corrected chi connectivity index (χ1v) is 8.28. The molecule has 120 valence electrons. The first-order chi connectivity index (χ1) is 11.2. The summed E-state index contributed by atoms with van der Waals surface area (Å²) in [6.45, 7) is 2.54. The number of anilines is 1. The molecule has 7 nitrogen and oxygen atoms in total. The number of amides is 2. The van der Waals surface area contributed by atoms with Crippen molar-refractivity contribution in [1.29, 1.82) is 0 Å². The number of nitrogens with zero attached hydrogens (tertiary/aromatic N) is 4. The van der Waals surface area contributed by atoms with E-state index in [2.05, 4.69) is 9.97 Å². The molecule has 0 spiro atoms. The van der Waals surface area contributed by atoms with E-state index in [1.54, 1.807) is 34.1 Å². The lowest BCUT2D eigenvalue weighted by Crippen LogP contribution is -2.36. The zero-order chi connectivity index (χ0) is 16.2. The molecule has 3 rings (SSSR count). The van der Waals surface area contributed by atoms with Crippen LogP contribution in [-0.4, -0.2) is 52.9 Å². The van der Waals surface area contributed by atoms with Crippen molar-refractivity contribution < 1.29 is 9.59 Å². The Balaban J connectivity index is 1.74. The normalized spacial score (nSPS) is 15.3. The molecule has 2 aromatic heterocycles. The zero-order valence-corrected chi connectivity index (χ0v) is 13.3. The van der Waals surface area contributed by atoms with Crippen LogP contribution in [0.4, 0.5) is 5.82 Å². The predicted molar refractivity (Wildman–Crippen MR) is 87.6 cm³/mol. The molecule has 2 aromatic rings. The van der Waals surface area contributed by atoms with E-state index in [1.165, 1.54) is 11.3 Å². The lowest BCUT2D eigenvalue weighted by molar-refractivity contribution is 0.0761. The summed E-state index contributed by atoms with van der Waals surface area (Å²) in [5.74, 6) is 0.0416. The van der Waals surface area contributed by atoms with Gasteiger partial charge in [0.1, 0.15) is 11.5 Å². The summed E-state index contributed by atoms with van der Waals surface area (Å²) >= 11 is 1.41. The molecule has 1 saturated heterocycles. The van der Waals surface area contributed by atoms with Crippen LogP contribution in [0, 0.1) is 0 Å². The summed E-state index contributed by atoms with van der Waals surface area (Å²) < 4.78 is 0. The van der Waals surface area contributed by atoms with E-state index in [0.29, 0.717) is 36.7 Å². The van der Waals surface area contributed by atoms with Crippen molar-refractivity contribution in [3.8, 4) is 0 Å². The minimum atomic E-state index is -0.493. The Kier molecular flexibility index (Phi) is 4.52. The van der Waals surface area contributed by atoms with Gasteiger partial charge in [-0.15, -0.1) is 11.3 Å². The van der Waals surface area contributed by atoms with Gasteiger partial charge in [0.05, 0.1) is 11.1 Å². The van der Waals surface area contributed by atoms with Gasteiger partial charge in [0.2, 0.25) is 0 Å². The molecule has 1 fully saturated rings. The van der Waals surface area contributed by atoms with Crippen LogP contribution in [0.3, 0.4) is 0 Å². The number of thiazole rings is 1. The smallest absolute Gasteiger partial charge is 0.273 e. The third-order valence-electron chi connectivity index (χ3n) is 3.79. The number of nitrogens with two attached hydrogens (primary N) is 1. The first kappa shape index (κ1) is 15.4. The maximum atomic E-state index is 12.4. The second kappa shape index (κ2) is 6.74. The highest BCUT2D eigenvalue weighted by atomic mass is 32.1. The Morgan fingerprint density at radius 1 is 1.17 bits per heavy atom. The van der Waals surface area contributed by atoms with Crippen LogP contribution in [-0.2, 0) is 0 Å². The number of hydrogen-bond acceptors (Lipinski definition) is 6. The van der Waals surface area contributed by atoms with Gasteiger partial charge in [-0.25, -0.2) is 9.97 Å². The largest absolute Gasteiger partial charge is 0.365 e. The van der Waals surface area contributed by atoms with Gasteiger partial charge < -0.3 is 15.5 Å². The number of pyridine rings is 1. The van der Waals surface area contributed by atoms with Gasteiger partial charge >= 0.3 is 0 Å². The molecule has 3 heterocycles. The summed E-state index contributed by atoms with van der Waals surface area (Å²) in [4.78, 5) is 36.1. The topological polar surface area (TPSA) is 92.4 Å². The van der Waals surface area contributed by atoms with Crippen LogP contribution in [0.15, 0.2) is 29.2 Å². The van der Waals surface area contributed by atoms with Crippen molar-refractivity contribution in [2.75, 3.05) is 31.1 Å². The van der Waals surface area contributed by atoms with Crippen molar-refractivity contribution in [2.45, 2.75) is 6.42 Å². The molecule has 1 aliphatic rings. The molecule has 0 aliphatic carbocycles. The summed E-state index contributed by atoms with van der Waals surface area (Å²) in [6.07, 6.45) is 2.44. The number of carbonyl (C=O) groups is 2. The highest BCUT2D eigenvalue weighted by Gasteiger charge is 2.23. The molecular formula is C15H17N5O2S. The van der Waals surface area contributed by atoms with Crippen molar-refractivity contribution in [2.24, 2.45) is 5.73 Å². The van der Waals surface area contributed by atoms with E-state index in [1.807, 2.05) is 4.90 Å². The fourth-order valence-corrected chi connectivity index (χ4v) is 3.18. The number of carbonyl (C=O) groups excluding carboxylic acids is 2. The molecule has 23 heavy (non-hydrogen) atoms. The highest BCUT2D eigenvalue weighted by molar-refractivity contribution is 7.07. The summed E-state index contributed by atoms with van der Waals surface area (Å²) in [6, 6.07) is 3.37. The van der Waals surface area contributed by atoms with Gasteiger partial charge in [-0.2, -0.15) is 0 Å². The average molecular weight is 331 g/mol. The standard InChI is InChI=1S/C15H17N5O2S/c16-13(21)11-3-1-4-17-14(11)19-5-2-6-20(8-7-19)15(22)12-9-23-10-18-12/h1,3-4,9-10H,2,5-8H2,(H2,16,21). The number of hydrogen-bond donors (Lipinski definition) is 1. The van der Waals surface area contributed by atoms with Gasteiger partial charge in [0.15, 0.2) is 0 Å². The molecule has 1 aliphatic heterocycles. The SMILES string of the molecule is NC(=O)c1cccnc1N1CCCN(C(=O)c2cscn2)CC1. The third kappa shape index (κ3) is 3.31. The van der Waals surface area contributed by atoms with Gasteiger partial charge in [-0.05, 0) is 18.6 Å². The van der Waals surface area contributed by atoms with Gasteiger partial charge in [0, 0.05) is 37.8 Å². The molecule has 8 heteroatoms. The highest BCUT2D eigenvalue weighted by Crippen LogP contribution is 2.19. The van der Waals surface area contributed by atoms with Crippen molar-refractivity contribution in [3.05, 3.63) is 40.5 Å². The predicted octanol–water partition coefficient (Wildman–Crippen LogP) is 0.990. The molecule has 0 bridgehead atoms. The first-order valence-electron chi connectivity index (χ1n) is 7.34. The second-order valence-corrected chi connectivity index (χ2v) is 5.96. The Labute approximate surface area is 137 Å². The Morgan fingerprint density at radius 3 is 2.78 bits per heavy atom. The molecule has 0 saturated carbocycles. The van der Waals surface area contributed by atoms with E-state index in [-0.39, 0.29) is 5.91 Å². The molecule has 2 amide bonds. The molecular weight excluding hydrogens is 314 g/mol. The number of aromatic nitrogens is 2. The quantitative estimate of drug-likeness (QED) is 0.905. The van der Waals surface area contributed by atoms with Gasteiger partial charge in [-0.1, -0.05) is 0 Å². The van der Waals surface area contributed by atoms with Crippen molar-refractivity contribution in [1.82, 2.24) is 14.9 Å². The van der Waals surface area contributed by atoms with Crippen LogP contribution in [0.5, 0.6) is 0 Å². The molecule has 0 aromatic carbocycles. The zero-order valence-electron chi connectivity index (χ0n) is 12.5. The van der Waals surface area contributed by atoms with E-state index in [9.17, 15) is 9.59 Å².